The van der Waals surface area contributed by atoms with E-state index in [9.17, 15) is 19.8 Å². The molecule has 0 fully saturated rings. The van der Waals surface area contributed by atoms with Crippen molar-refractivity contribution in [1.29, 1.82) is 0 Å². The number of aliphatic hydroxyl groups is 2. The molecule has 0 spiro atoms. The molecule has 0 aliphatic heterocycles. The van der Waals surface area contributed by atoms with Gasteiger partial charge in [0.1, 0.15) is 23.7 Å². The van der Waals surface area contributed by atoms with Crippen LogP contribution in [0.4, 0.5) is 0 Å². The third-order valence-electron chi connectivity index (χ3n) is 4.90. The van der Waals surface area contributed by atoms with E-state index in [1.54, 1.807) is 41.5 Å². The molecule has 4 unspecified atom stereocenters. The summed E-state index contributed by atoms with van der Waals surface area (Å²) in [7, 11) is 2.96. The molecule has 7 heteroatoms. The van der Waals surface area contributed by atoms with Crippen molar-refractivity contribution in [3.63, 3.8) is 0 Å². The molecule has 0 heterocycles. The van der Waals surface area contributed by atoms with Gasteiger partial charge in [-0.15, -0.1) is 6.08 Å². The monoisotopic (exact) mass is 552 g/mol. The minimum Gasteiger partial charge on any atom is -0.509 e. The Bertz CT molecular complexity index is 621. The topological polar surface area (TPSA) is 93.1 Å². The van der Waals surface area contributed by atoms with E-state index in [1.165, 1.54) is 32.8 Å². The molecule has 0 saturated heterocycles. The summed E-state index contributed by atoms with van der Waals surface area (Å²) in [5, 5.41) is 18.5. The number of carbonyl (C=O) groups excluding carboxylic acids is 2. The van der Waals surface area contributed by atoms with E-state index >= 15 is 0 Å². The summed E-state index contributed by atoms with van der Waals surface area (Å²) < 4.78 is 9.64. The van der Waals surface area contributed by atoms with Crippen LogP contribution in [0.3, 0.4) is 0 Å². The molecule has 33 heavy (non-hydrogen) atoms. The number of hydrogen-bond donors (Lipinski definition) is 2. The molecular weight excluding hydrogens is 509 g/mol. The summed E-state index contributed by atoms with van der Waals surface area (Å²) in [4.78, 5) is 22.2. The number of rotatable bonds is 8. The molecule has 0 aromatic carbocycles. The molecule has 2 N–H and O–H groups in total. The van der Waals surface area contributed by atoms with Gasteiger partial charge in [0.05, 0.1) is 0 Å². The van der Waals surface area contributed by atoms with Gasteiger partial charge in [0.2, 0.25) is 0 Å². The van der Waals surface area contributed by atoms with Crippen LogP contribution in [0.25, 0.3) is 0 Å². The Labute approximate surface area is 213 Å². The Morgan fingerprint density at radius 1 is 0.879 bits per heavy atom. The molecule has 0 saturated carbocycles. The maximum absolute atomic E-state index is 11.1. The van der Waals surface area contributed by atoms with Crippen molar-refractivity contribution in [3.8, 4) is 0 Å². The molecule has 6 nitrogen and oxygen atoms in total. The van der Waals surface area contributed by atoms with Gasteiger partial charge < -0.3 is 33.2 Å². The van der Waals surface area contributed by atoms with E-state index in [0.717, 1.165) is 5.92 Å². The van der Waals surface area contributed by atoms with Crippen LogP contribution < -0.4 is 0 Å². The molecule has 2 bridgehead atoms. The van der Waals surface area contributed by atoms with Gasteiger partial charge in [0, 0.05) is 38.2 Å². The fourth-order valence-corrected chi connectivity index (χ4v) is 2.32. The van der Waals surface area contributed by atoms with Gasteiger partial charge in [-0.05, 0) is 19.8 Å². The molecular formula is C26H42O6Ru. The Morgan fingerprint density at radius 3 is 1.42 bits per heavy atom. The number of carbonyl (C=O) groups is 2. The second kappa shape index (κ2) is 18.8. The molecule has 0 amide bonds. The van der Waals surface area contributed by atoms with Crippen LogP contribution in [0.1, 0.15) is 48.0 Å². The molecule has 0 aromatic rings. The summed E-state index contributed by atoms with van der Waals surface area (Å²) in [5.41, 5.74) is 0. The molecule has 190 valence electrons. The van der Waals surface area contributed by atoms with Gasteiger partial charge in [0.15, 0.2) is 11.6 Å². The van der Waals surface area contributed by atoms with Crippen LogP contribution in [-0.2, 0) is 38.5 Å². The van der Waals surface area contributed by atoms with E-state index in [2.05, 4.69) is 24.3 Å². The SMILES string of the molecule is COC(C)/C(O)=C/C(=O)C(C)C.COC(C)/C(O)=C/C(=O)C(C)C.[C-]1=CC2C=CC1C2.[CH3-].[Ru+2]. The minimum absolute atomic E-state index is 0. The van der Waals surface area contributed by atoms with Gasteiger partial charge in [-0.1, -0.05) is 40.2 Å². The predicted molar refractivity (Wildman–Crippen MR) is 129 cm³/mol. The summed E-state index contributed by atoms with van der Waals surface area (Å²) in [6.45, 7) is 10.5. The van der Waals surface area contributed by atoms with Crippen LogP contribution in [0.15, 0.2) is 41.9 Å². The van der Waals surface area contributed by atoms with E-state index in [0.29, 0.717) is 5.92 Å². The molecule has 2 aliphatic carbocycles. The first-order chi connectivity index (χ1) is 14.4. The first kappa shape index (κ1) is 36.0. The minimum atomic E-state index is -0.410. The van der Waals surface area contributed by atoms with Crippen molar-refractivity contribution in [1.82, 2.24) is 0 Å². The maximum Gasteiger partial charge on any atom is 2.00 e. The van der Waals surface area contributed by atoms with Gasteiger partial charge in [-0.2, -0.15) is 5.92 Å². The van der Waals surface area contributed by atoms with Crippen LogP contribution in [0.2, 0.25) is 0 Å². The van der Waals surface area contributed by atoms with Crippen LogP contribution >= 0.6 is 0 Å². The van der Waals surface area contributed by atoms with Gasteiger partial charge >= 0.3 is 19.5 Å². The second-order valence-electron chi connectivity index (χ2n) is 8.23. The van der Waals surface area contributed by atoms with Gasteiger partial charge in [-0.3, -0.25) is 15.7 Å². The number of aliphatic hydroxyl groups excluding tert-OH is 2. The molecule has 2 rings (SSSR count). The molecule has 0 radical (unpaired) electrons. The number of methoxy groups -OCH3 is 2. The number of hydrogen-bond acceptors (Lipinski definition) is 6. The van der Waals surface area contributed by atoms with E-state index in [-0.39, 0.29) is 61.8 Å². The molecule has 0 aromatic heterocycles. The number of ketones is 2. The van der Waals surface area contributed by atoms with Gasteiger partial charge in [0.25, 0.3) is 0 Å². The zero-order valence-electron chi connectivity index (χ0n) is 21.4. The number of fused-ring (bicyclic) bond motifs is 2. The van der Waals surface area contributed by atoms with Crippen molar-refractivity contribution < 1.29 is 48.8 Å². The van der Waals surface area contributed by atoms with Crippen molar-refractivity contribution in [2.75, 3.05) is 14.2 Å². The molecule has 4 atom stereocenters. The van der Waals surface area contributed by atoms with Crippen molar-refractivity contribution >= 4 is 11.6 Å². The standard InChI is InChI=1S/2C9H16O3.C7H7.CH3.Ru/c2*1-6(2)8(10)5-9(11)7(3)12-4;1-2-7-4-3-6(1)5-7;;/h2*5-7,11H,1-4H3;1-3,6-7H,5H2;1H3;/q;;2*-1;+2/b2*9-5-;;;. The fraction of sp³-hybridized carbons (Fsp3) is 0.577. The van der Waals surface area contributed by atoms with Crippen LogP contribution in [0, 0.1) is 37.2 Å². The Hall–Kier alpha value is -1.56. The van der Waals surface area contributed by atoms with Crippen molar-refractivity contribution in [2.24, 2.45) is 23.7 Å². The Morgan fingerprint density at radius 2 is 1.27 bits per heavy atom. The first-order valence-electron chi connectivity index (χ1n) is 10.6. The van der Waals surface area contributed by atoms with Crippen LogP contribution in [-0.4, -0.2) is 48.2 Å². The number of allylic oxidation sites excluding steroid dienone is 6. The first-order valence-corrected chi connectivity index (χ1v) is 10.6. The quantitative estimate of drug-likeness (QED) is 0.138. The average Bonchev–Trinajstić information content (AvgIpc) is 3.39. The third kappa shape index (κ3) is 15.1. The summed E-state index contributed by atoms with van der Waals surface area (Å²) in [6.07, 6.45) is 12.8. The van der Waals surface area contributed by atoms with Crippen molar-refractivity contribution in [3.05, 3.63) is 55.4 Å². The van der Waals surface area contributed by atoms with E-state index in [4.69, 9.17) is 9.47 Å². The smallest absolute Gasteiger partial charge is 0.509 e. The Kier molecular flexibility index (Phi) is 20.5. The zero-order chi connectivity index (χ0) is 24.1. The average molecular weight is 552 g/mol. The fourth-order valence-electron chi connectivity index (χ4n) is 2.32. The zero-order valence-corrected chi connectivity index (χ0v) is 23.2. The summed E-state index contributed by atoms with van der Waals surface area (Å²) in [5.74, 6) is 1.06. The Balaban J connectivity index is -0.000000407. The molecule has 2 aliphatic rings. The van der Waals surface area contributed by atoms with Crippen LogP contribution in [0.5, 0.6) is 0 Å². The third-order valence-corrected chi connectivity index (χ3v) is 4.90. The largest absolute Gasteiger partial charge is 2.00 e. The second-order valence-corrected chi connectivity index (χ2v) is 8.23. The summed E-state index contributed by atoms with van der Waals surface area (Å²) >= 11 is 0. The van der Waals surface area contributed by atoms with E-state index in [1.807, 2.05) is 0 Å². The van der Waals surface area contributed by atoms with Gasteiger partial charge in [-0.25, -0.2) is 0 Å². The number of ether oxygens (including phenoxy) is 2. The van der Waals surface area contributed by atoms with Crippen molar-refractivity contribution in [2.45, 2.75) is 60.2 Å². The van der Waals surface area contributed by atoms with E-state index < -0.39 is 12.2 Å². The predicted octanol–water partition coefficient (Wildman–Crippen LogP) is 5.38. The normalized spacial score (nSPS) is 20.1. The maximum atomic E-state index is 11.1. The summed E-state index contributed by atoms with van der Waals surface area (Å²) in [6, 6.07) is 0.